The number of amides is 2. The second kappa shape index (κ2) is 11.1. The lowest BCUT2D eigenvalue weighted by molar-refractivity contribution is -0.274. The van der Waals surface area contributed by atoms with Crippen LogP contribution in [0.15, 0.2) is 40.0 Å². The first-order chi connectivity index (χ1) is 18.0. The van der Waals surface area contributed by atoms with E-state index in [9.17, 15) is 35.9 Å². The van der Waals surface area contributed by atoms with Gasteiger partial charge in [-0.1, -0.05) is 11.6 Å². The zero-order chi connectivity index (χ0) is 29.3. The molecular formula is C24H24ClF7N4O3. The van der Waals surface area contributed by atoms with E-state index in [0.717, 1.165) is 19.3 Å². The lowest BCUT2D eigenvalue weighted by Crippen LogP contribution is -2.63. The van der Waals surface area contributed by atoms with Crippen LogP contribution >= 0.6 is 11.6 Å². The Kier molecular flexibility index (Phi) is 8.68. The van der Waals surface area contributed by atoms with Gasteiger partial charge in [0.2, 0.25) is 0 Å². The van der Waals surface area contributed by atoms with Gasteiger partial charge in [0.25, 0.3) is 23.4 Å². The standard InChI is InChI=1S/C24H24ClF7N4O3/c1-22(14(10-33-2)11-34-3,21(38)35-17-7-13-6-12(17)9-23(13,28)29)36(20(37)19(25)27)18-5-4-15(8-16(18)26)39-24(30,31)32/h4-5,8,10-13,17,19H,2,6-7,9H2,1,3H3,(H,35,38)/b14-10+,34-11-/t12?,13?,17-,19+,22-/m1/s1. The monoisotopic (exact) mass is 584 g/mol. The number of alkyl halides is 7. The van der Waals surface area contributed by atoms with Crippen LogP contribution in [0.1, 0.15) is 26.2 Å². The second-order valence-electron chi connectivity index (χ2n) is 9.34. The van der Waals surface area contributed by atoms with E-state index in [1.807, 2.05) is 0 Å². The molecule has 0 radical (unpaired) electrons. The molecule has 2 bridgehead atoms. The van der Waals surface area contributed by atoms with E-state index in [0.29, 0.717) is 17.0 Å². The molecule has 1 aromatic rings. The van der Waals surface area contributed by atoms with Crippen LogP contribution in [0.4, 0.5) is 36.4 Å². The SMILES string of the molecule is C=N/C=C(\C=N/C)[C@](C)(C(=O)N[C@@H]1CC2CC1CC2(F)F)N(C(=O)[C@H](F)Cl)c1ccc(OC(F)(F)F)cc1F. The summed E-state index contributed by atoms with van der Waals surface area (Å²) in [6.45, 7) is 4.35. The summed E-state index contributed by atoms with van der Waals surface area (Å²) in [5, 5.41) is 2.60. The summed E-state index contributed by atoms with van der Waals surface area (Å²) in [7, 11) is 1.28. The Morgan fingerprint density at radius 3 is 2.44 bits per heavy atom. The van der Waals surface area contributed by atoms with Gasteiger partial charge in [-0.05, 0) is 44.5 Å². The molecule has 2 amide bonds. The normalized spacial score (nSPS) is 24.8. The molecule has 2 aliphatic rings. The van der Waals surface area contributed by atoms with Gasteiger partial charge in [-0.25, -0.2) is 17.6 Å². The molecule has 0 heterocycles. The minimum absolute atomic E-state index is 0.0763. The molecule has 15 heteroatoms. The summed E-state index contributed by atoms with van der Waals surface area (Å²) < 4.78 is 99.2. The Morgan fingerprint density at radius 2 is 1.97 bits per heavy atom. The minimum atomic E-state index is -5.17. The fraction of sp³-hybridized carbons (Fsp3) is 0.500. The summed E-state index contributed by atoms with van der Waals surface area (Å²) in [6.07, 6.45) is -3.55. The van der Waals surface area contributed by atoms with Gasteiger partial charge in [-0.15, -0.1) is 13.2 Å². The number of aliphatic imine (C=N–C) groups is 2. The lowest BCUT2D eigenvalue weighted by atomic mass is 9.86. The number of hydrogen-bond donors (Lipinski definition) is 1. The maximum Gasteiger partial charge on any atom is 0.573 e. The molecule has 1 N–H and O–H groups in total. The lowest BCUT2D eigenvalue weighted by Gasteiger charge is -2.42. The van der Waals surface area contributed by atoms with E-state index in [-0.39, 0.29) is 24.5 Å². The van der Waals surface area contributed by atoms with E-state index in [2.05, 4.69) is 26.8 Å². The molecular weight excluding hydrogens is 561 g/mol. The first kappa shape index (κ1) is 30.4. The number of anilines is 1. The van der Waals surface area contributed by atoms with Gasteiger partial charge < -0.3 is 10.1 Å². The van der Waals surface area contributed by atoms with Crippen molar-refractivity contribution in [3.63, 3.8) is 0 Å². The number of carbonyl (C=O) groups is 2. The third-order valence-corrected chi connectivity index (χ3v) is 7.08. The van der Waals surface area contributed by atoms with Gasteiger partial charge in [0.1, 0.15) is 5.75 Å². The van der Waals surface area contributed by atoms with Crippen LogP contribution in [0, 0.1) is 17.7 Å². The second-order valence-corrected chi connectivity index (χ2v) is 9.72. The first-order valence-electron chi connectivity index (χ1n) is 11.5. The third-order valence-electron chi connectivity index (χ3n) is 6.89. The van der Waals surface area contributed by atoms with E-state index < -0.39 is 76.8 Å². The smallest absolute Gasteiger partial charge is 0.406 e. The number of hydrogen-bond acceptors (Lipinski definition) is 5. The number of fused-ring (bicyclic) bond motifs is 2. The molecule has 5 atom stereocenters. The van der Waals surface area contributed by atoms with Crippen molar-refractivity contribution in [1.29, 1.82) is 0 Å². The third kappa shape index (κ3) is 6.20. The Morgan fingerprint density at radius 1 is 1.31 bits per heavy atom. The molecule has 2 fully saturated rings. The summed E-state index contributed by atoms with van der Waals surface area (Å²) >= 11 is 5.41. The predicted molar refractivity (Wildman–Crippen MR) is 129 cm³/mol. The number of halogens is 8. The molecule has 214 valence electrons. The zero-order valence-electron chi connectivity index (χ0n) is 20.6. The molecule has 0 aromatic heterocycles. The van der Waals surface area contributed by atoms with Crippen molar-refractivity contribution in [2.45, 2.75) is 55.7 Å². The van der Waals surface area contributed by atoms with E-state index >= 15 is 4.39 Å². The maximum atomic E-state index is 15.2. The summed E-state index contributed by atoms with van der Waals surface area (Å²) in [5.41, 5.74) is -6.30. The highest BCUT2D eigenvalue weighted by molar-refractivity contribution is 6.32. The summed E-state index contributed by atoms with van der Waals surface area (Å²) in [5.74, 6) is -9.67. The fourth-order valence-corrected chi connectivity index (χ4v) is 5.22. The topological polar surface area (TPSA) is 83.4 Å². The molecule has 7 nitrogen and oxygen atoms in total. The van der Waals surface area contributed by atoms with Gasteiger partial charge >= 0.3 is 6.36 Å². The van der Waals surface area contributed by atoms with Crippen molar-refractivity contribution in [2.75, 3.05) is 11.9 Å². The van der Waals surface area contributed by atoms with E-state index in [1.54, 1.807) is 0 Å². The minimum Gasteiger partial charge on any atom is -0.406 e. The van der Waals surface area contributed by atoms with Crippen molar-refractivity contribution < 1.29 is 45.1 Å². The van der Waals surface area contributed by atoms with Crippen molar-refractivity contribution in [3.8, 4) is 5.75 Å². The zero-order valence-corrected chi connectivity index (χ0v) is 21.4. The molecule has 1 aromatic carbocycles. The Balaban J connectivity index is 2.14. The summed E-state index contributed by atoms with van der Waals surface area (Å²) in [4.78, 5) is 34.6. The molecule has 3 rings (SSSR count). The van der Waals surface area contributed by atoms with Crippen LogP contribution in [0.2, 0.25) is 0 Å². The van der Waals surface area contributed by atoms with Crippen LogP contribution in [-0.4, -0.2) is 61.3 Å². The first-order valence-corrected chi connectivity index (χ1v) is 11.9. The van der Waals surface area contributed by atoms with Crippen LogP contribution in [0.25, 0.3) is 0 Å². The van der Waals surface area contributed by atoms with Gasteiger partial charge in [-0.2, -0.15) is 0 Å². The Bertz CT molecular complexity index is 1190. The highest BCUT2D eigenvalue weighted by atomic mass is 35.5. The van der Waals surface area contributed by atoms with Crippen LogP contribution in [0.3, 0.4) is 0 Å². The maximum absolute atomic E-state index is 15.2. The molecule has 2 unspecified atom stereocenters. The Labute approximate surface area is 223 Å². The van der Waals surface area contributed by atoms with Gasteiger partial charge in [0.05, 0.1) is 5.69 Å². The number of rotatable bonds is 9. The average Bonchev–Trinajstić information content (AvgIpc) is 3.34. The van der Waals surface area contributed by atoms with E-state index in [4.69, 9.17) is 11.6 Å². The van der Waals surface area contributed by atoms with E-state index in [1.165, 1.54) is 7.05 Å². The fourth-order valence-electron chi connectivity index (χ4n) is 5.12. The molecule has 0 saturated heterocycles. The van der Waals surface area contributed by atoms with Crippen molar-refractivity contribution in [1.82, 2.24) is 5.32 Å². The molecule has 0 aliphatic heterocycles. The quantitative estimate of drug-likeness (QED) is 0.247. The van der Waals surface area contributed by atoms with Gasteiger partial charge in [0.15, 0.2) is 11.4 Å². The number of nitrogens with one attached hydrogen (secondary N) is 1. The van der Waals surface area contributed by atoms with Crippen LogP contribution in [0.5, 0.6) is 5.75 Å². The van der Waals surface area contributed by atoms with Crippen LogP contribution < -0.4 is 15.0 Å². The van der Waals surface area contributed by atoms with Crippen molar-refractivity contribution in [3.05, 3.63) is 35.8 Å². The van der Waals surface area contributed by atoms with Gasteiger partial charge in [0, 0.05) is 49.5 Å². The number of nitrogens with zero attached hydrogens (tertiary/aromatic N) is 3. The predicted octanol–water partition coefficient (Wildman–Crippen LogP) is 5.19. The number of benzene rings is 1. The average molecular weight is 585 g/mol. The van der Waals surface area contributed by atoms with Gasteiger partial charge in [-0.3, -0.25) is 24.5 Å². The number of carbonyl (C=O) groups excluding carboxylic acids is 2. The summed E-state index contributed by atoms with van der Waals surface area (Å²) in [6, 6.07) is 0.843. The molecule has 2 aliphatic carbocycles. The highest BCUT2D eigenvalue weighted by Crippen LogP contribution is 2.53. The number of ether oxygens (including phenoxy) is 1. The molecule has 39 heavy (non-hydrogen) atoms. The molecule has 0 spiro atoms. The molecule has 2 saturated carbocycles. The van der Waals surface area contributed by atoms with Crippen molar-refractivity contribution in [2.24, 2.45) is 21.8 Å². The van der Waals surface area contributed by atoms with Crippen molar-refractivity contribution >= 4 is 42.0 Å². The largest absolute Gasteiger partial charge is 0.573 e. The highest BCUT2D eigenvalue weighted by Gasteiger charge is 2.58. The van der Waals surface area contributed by atoms with Crippen LogP contribution in [-0.2, 0) is 9.59 Å². The Hall–Kier alpha value is -3.16.